The summed E-state index contributed by atoms with van der Waals surface area (Å²) in [5.41, 5.74) is 1.91. The summed E-state index contributed by atoms with van der Waals surface area (Å²) in [6.07, 6.45) is 3.76. The normalized spacial score (nSPS) is 14.0. The lowest BCUT2D eigenvalue weighted by Crippen LogP contribution is -2.23. The summed E-state index contributed by atoms with van der Waals surface area (Å²) in [5, 5.41) is 0.0116. The first-order valence-corrected chi connectivity index (χ1v) is 8.65. The van der Waals surface area contributed by atoms with E-state index in [-0.39, 0.29) is 11.6 Å². The zero-order chi connectivity index (χ0) is 15.0. The number of imidazole rings is 1. The number of nitrogens with one attached hydrogen (secondary N) is 1. The smallest absolute Gasteiger partial charge is 0.259 e. The van der Waals surface area contributed by atoms with Gasteiger partial charge < -0.3 is 9.30 Å². The number of rotatable bonds is 4. The summed E-state index contributed by atoms with van der Waals surface area (Å²) < 4.78 is 35.0. The highest BCUT2D eigenvalue weighted by atomic mass is 79.9. The third kappa shape index (κ3) is 2.97. The third-order valence-electron chi connectivity index (χ3n) is 3.23. The number of ether oxygens (including phenoxy) is 1. The van der Waals surface area contributed by atoms with E-state index in [0.717, 1.165) is 27.8 Å². The van der Waals surface area contributed by atoms with E-state index in [4.69, 9.17) is 4.74 Å². The maximum atomic E-state index is 12.2. The summed E-state index contributed by atoms with van der Waals surface area (Å²) in [5.74, 6) is 0.780. The van der Waals surface area contributed by atoms with Gasteiger partial charge in [-0.25, -0.2) is 18.1 Å². The lowest BCUT2D eigenvalue weighted by molar-refractivity contribution is 0.353. The van der Waals surface area contributed by atoms with Crippen molar-refractivity contribution in [1.82, 2.24) is 14.3 Å². The number of aryl methyl sites for hydroxylation is 1. The van der Waals surface area contributed by atoms with Crippen molar-refractivity contribution < 1.29 is 13.2 Å². The molecule has 1 aromatic heterocycles. The van der Waals surface area contributed by atoms with E-state index in [2.05, 4.69) is 25.6 Å². The average molecular weight is 372 g/mol. The van der Waals surface area contributed by atoms with Crippen LogP contribution in [0.3, 0.4) is 0 Å². The number of halogens is 1. The van der Waals surface area contributed by atoms with Crippen molar-refractivity contribution in [3.63, 3.8) is 0 Å². The van der Waals surface area contributed by atoms with E-state index in [1.807, 2.05) is 12.1 Å². The Morgan fingerprint density at radius 1 is 1.48 bits per heavy atom. The Balaban J connectivity index is 1.82. The van der Waals surface area contributed by atoms with Gasteiger partial charge in [0, 0.05) is 36.2 Å². The van der Waals surface area contributed by atoms with Crippen molar-refractivity contribution in [3.05, 3.63) is 40.3 Å². The standard InChI is InChI=1S/C13H14BrN3O3S/c1-17-7-12(15-8-17)21(18,19)16-6-10-5-11(14)4-9-2-3-20-13(9)10/h4-5,7-8,16H,2-3,6H2,1H3. The predicted octanol–water partition coefficient (Wildman–Crippen LogP) is 1.60. The van der Waals surface area contributed by atoms with Crippen LogP contribution in [0.25, 0.3) is 0 Å². The van der Waals surface area contributed by atoms with Gasteiger partial charge in [-0.1, -0.05) is 15.9 Å². The molecule has 112 valence electrons. The van der Waals surface area contributed by atoms with Crippen molar-refractivity contribution in [1.29, 1.82) is 0 Å². The maximum Gasteiger partial charge on any atom is 0.259 e. The van der Waals surface area contributed by atoms with Crippen molar-refractivity contribution in [2.75, 3.05) is 6.61 Å². The minimum atomic E-state index is -3.62. The molecule has 2 heterocycles. The van der Waals surface area contributed by atoms with Crippen LogP contribution in [0, 0.1) is 0 Å². The summed E-state index contributed by atoms with van der Waals surface area (Å²) in [6, 6.07) is 3.87. The van der Waals surface area contributed by atoms with Crippen LogP contribution in [0.5, 0.6) is 5.75 Å². The Kier molecular flexibility index (Phi) is 3.76. The summed E-state index contributed by atoms with van der Waals surface area (Å²) in [7, 11) is -1.90. The van der Waals surface area contributed by atoms with Gasteiger partial charge in [0.1, 0.15) is 5.75 Å². The molecule has 0 radical (unpaired) electrons. The van der Waals surface area contributed by atoms with Gasteiger partial charge in [-0.2, -0.15) is 0 Å². The van der Waals surface area contributed by atoms with Crippen LogP contribution in [-0.2, 0) is 30.0 Å². The molecule has 0 unspecified atom stereocenters. The monoisotopic (exact) mass is 371 g/mol. The molecule has 1 N–H and O–H groups in total. The van der Waals surface area contributed by atoms with Crippen LogP contribution in [0.2, 0.25) is 0 Å². The molecule has 0 saturated heterocycles. The molecule has 21 heavy (non-hydrogen) atoms. The molecule has 6 nitrogen and oxygen atoms in total. The second kappa shape index (κ2) is 5.43. The SMILES string of the molecule is Cn1cnc(S(=O)(=O)NCc2cc(Br)cc3c2OCC3)c1. The lowest BCUT2D eigenvalue weighted by atomic mass is 10.1. The van der Waals surface area contributed by atoms with Crippen molar-refractivity contribution in [3.8, 4) is 5.75 Å². The molecule has 1 aromatic carbocycles. The molecule has 0 bridgehead atoms. The van der Waals surface area contributed by atoms with E-state index in [9.17, 15) is 8.42 Å². The van der Waals surface area contributed by atoms with Crippen LogP contribution in [0.4, 0.5) is 0 Å². The molecule has 8 heteroatoms. The molecule has 0 aliphatic carbocycles. The fourth-order valence-electron chi connectivity index (χ4n) is 2.25. The summed E-state index contributed by atoms with van der Waals surface area (Å²) in [6.45, 7) is 0.798. The second-order valence-corrected chi connectivity index (χ2v) is 7.48. The first-order chi connectivity index (χ1) is 9.95. The Bertz CT molecular complexity index is 786. The molecular weight excluding hydrogens is 358 g/mol. The van der Waals surface area contributed by atoms with Gasteiger partial charge in [0.05, 0.1) is 12.9 Å². The molecule has 3 rings (SSSR count). The molecule has 2 aromatic rings. The number of aromatic nitrogens is 2. The Morgan fingerprint density at radius 3 is 3.00 bits per heavy atom. The van der Waals surface area contributed by atoms with Gasteiger partial charge in [0.2, 0.25) is 0 Å². The Labute approximate surface area is 131 Å². The molecule has 1 aliphatic heterocycles. The molecule has 1 aliphatic rings. The Hall–Kier alpha value is -1.38. The molecule has 0 fully saturated rings. The van der Waals surface area contributed by atoms with Crippen molar-refractivity contribution in [2.45, 2.75) is 18.0 Å². The molecule has 0 spiro atoms. The first kappa shape index (κ1) is 14.6. The zero-order valence-electron chi connectivity index (χ0n) is 11.3. The quantitative estimate of drug-likeness (QED) is 0.885. The van der Waals surface area contributed by atoms with Gasteiger partial charge in [-0.15, -0.1) is 0 Å². The van der Waals surface area contributed by atoms with E-state index >= 15 is 0 Å². The van der Waals surface area contributed by atoms with E-state index in [0.29, 0.717) is 6.61 Å². The number of nitrogens with zero attached hydrogens (tertiary/aromatic N) is 2. The number of sulfonamides is 1. The second-order valence-electron chi connectivity index (χ2n) is 4.85. The first-order valence-electron chi connectivity index (χ1n) is 6.37. The van der Waals surface area contributed by atoms with Crippen LogP contribution >= 0.6 is 15.9 Å². The highest BCUT2D eigenvalue weighted by molar-refractivity contribution is 9.10. The van der Waals surface area contributed by atoms with E-state index in [1.165, 1.54) is 12.5 Å². The average Bonchev–Trinajstić information content (AvgIpc) is 3.04. The predicted molar refractivity (Wildman–Crippen MR) is 80.6 cm³/mol. The van der Waals surface area contributed by atoms with Crippen LogP contribution in [0.15, 0.2) is 34.2 Å². The van der Waals surface area contributed by atoms with Gasteiger partial charge in [0.25, 0.3) is 10.0 Å². The highest BCUT2D eigenvalue weighted by Crippen LogP contribution is 2.33. The maximum absolute atomic E-state index is 12.2. The Morgan fingerprint density at radius 2 is 2.29 bits per heavy atom. The molecule has 0 amide bonds. The van der Waals surface area contributed by atoms with Crippen LogP contribution < -0.4 is 9.46 Å². The highest BCUT2D eigenvalue weighted by Gasteiger charge is 2.21. The largest absolute Gasteiger partial charge is 0.493 e. The molecule has 0 atom stereocenters. The summed E-state index contributed by atoms with van der Waals surface area (Å²) in [4.78, 5) is 3.86. The topological polar surface area (TPSA) is 73.2 Å². The molecular formula is C13H14BrN3O3S. The fourth-order valence-corrected chi connectivity index (χ4v) is 3.79. The number of benzene rings is 1. The van der Waals surface area contributed by atoms with E-state index < -0.39 is 10.0 Å². The minimum absolute atomic E-state index is 0.0116. The molecule has 0 saturated carbocycles. The van der Waals surface area contributed by atoms with Crippen LogP contribution in [-0.4, -0.2) is 24.6 Å². The van der Waals surface area contributed by atoms with Gasteiger partial charge in [-0.3, -0.25) is 0 Å². The third-order valence-corrected chi connectivity index (χ3v) is 4.98. The van der Waals surface area contributed by atoms with Gasteiger partial charge in [0.15, 0.2) is 5.03 Å². The van der Waals surface area contributed by atoms with Crippen LogP contribution in [0.1, 0.15) is 11.1 Å². The van der Waals surface area contributed by atoms with Crippen molar-refractivity contribution in [2.24, 2.45) is 7.05 Å². The zero-order valence-corrected chi connectivity index (χ0v) is 13.7. The van der Waals surface area contributed by atoms with Gasteiger partial charge >= 0.3 is 0 Å². The number of fused-ring (bicyclic) bond motifs is 1. The number of hydrogen-bond acceptors (Lipinski definition) is 4. The van der Waals surface area contributed by atoms with E-state index in [1.54, 1.807) is 11.6 Å². The fraction of sp³-hybridized carbons (Fsp3) is 0.308. The van der Waals surface area contributed by atoms with Crippen molar-refractivity contribution >= 4 is 26.0 Å². The summed E-state index contributed by atoms with van der Waals surface area (Å²) >= 11 is 3.44. The lowest BCUT2D eigenvalue weighted by Gasteiger charge is -2.10. The minimum Gasteiger partial charge on any atom is -0.493 e. The van der Waals surface area contributed by atoms with Gasteiger partial charge in [-0.05, 0) is 17.7 Å². The number of hydrogen-bond donors (Lipinski definition) is 1.